The number of rotatable bonds is 10. The standard InChI is InChI=1S/C42H42N4O/c1-6-7-8-10-13-32-16-19-39-38(25-32)37-18-17-35(27-40(37)45(39)41-24-28(2)20-21-43-41)47-36-23-29(3)22-34(26-36)46-31(5)42(30(4)44-46)33-14-11-9-12-15-33/h9,11-12,14-27H,6-8,10,13H2,1-5H3. The van der Waals surface area contributed by atoms with Crippen molar-refractivity contribution in [2.24, 2.45) is 0 Å². The molecule has 3 aromatic heterocycles. The lowest BCUT2D eigenvalue weighted by Crippen LogP contribution is -2.00. The second-order valence-corrected chi connectivity index (χ2v) is 12.8. The van der Waals surface area contributed by atoms with Gasteiger partial charge in [-0.15, -0.1) is 0 Å². The molecule has 5 nitrogen and oxygen atoms in total. The van der Waals surface area contributed by atoms with Crippen molar-refractivity contribution in [3.8, 4) is 34.1 Å². The molecule has 3 heterocycles. The maximum atomic E-state index is 6.63. The second kappa shape index (κ2) is 12.9. The fraction of sp³-hybridized carbons (Fsp3) is 0.238. The molecular formula is C42H42N4O. The minimum Gasteiger partial charge on any atom is -0.457 e. The molecule has 4 aromatic carbocycles. The maximum absolute atomic E-state index is 6.63. The molecule has 0 amide bonds. The molecule has 0 saturated heterocycles. The minimum absolute atomic E-state index is 0.777. The van der Waals surface area contributed by atoms with Crippen LogP contribution in [0.5, 0.6) is 11.5 Å². The van der Waals surface area contributed by atoms with Gasteiger partial charge in [0, 0.05) is 40.4 Å². The predicted octanol–water partition coefficient (Wildman–Crippen LogP) is 11.2. The van der Waals surface area contributed by atoms with E-state index < -0.39 is 0 Å². The van der Waals surface area contributed by atoms with Crippen LogP contribution in [0.25, 0.3) is 44.4 Å². The average molecular weight is 619 g/mol. The summed E-state index contributed by atoms with van der Waals surface area (Å²) in [5.74, 6) is 2.47. The number of aryl methyl sites for hydroxylation is 4. The SMILES string of the molecule is CCCCCCc1ccc2c(c1)c1ccc(Oc3cc(C)cc(-n4nc(C)c(-c5ccccc5)c4C)c3)cc1n2-c1cc(C)ccn1. The quantitative estimate of drug-likeness (QED) is 0.143. The summed E-state index contributed by atoms with van der Waals surface area (Å²) in [5.41, 5.74) is 11.3. The Labute approximate surface area is 277 Å². The number of pyridine rings is 1. The highest BCUT2D eigenvalue weighted by Gasteiger charge is 2.17. The van der Waals surface area contributed by atoms with Gasteiger partial charge in [-0.2, -0.15) is 5.10 Å². The smallest absolute Gasteiger partial charge is 0.137 e. The zero-order valence-electron chi connectivity index (χ0n) is 28.0. The fourth-order valence-corrected chi connectivity index (χ4v) is 6.87. The number of hydrogen-bond donors (Lipinski definition) is 0. The van der Waals surface area contributed by atoms with E-state index in [1.807, 2.05) is 23.0 Å². The van der Waals surface area contributed by atoms with Crippen molar-refractivity contribution in [3.63, 3.8) is 0 Å². The van der Waals surface area contributed by atoms with Gasteiger partial charge in [-0.3, -0.25) is 4.57 Å². The third kappa shape index (κ3) is 6.06. The molecule has 7 aromatic rings. The summed E-state index contributed by atoms with van der Waals surface area (Å²) in [6.45, 7) is 10.7. The van der Waals surface area contributed by atoms with Gasteiger partial charge in [-0.1, -0.05) is 62.6 Å². The summed E-state index contributed by atoms with van der Waals surface area (Å²) in [6, 6.07) is 34.3. The van der Waals surface area contributed by atoms with Gasteiger partial charge in [-0.05, 0) is 111 Å². The minimum atomic E-state index is 0.777. The van der Waals surface area contributed by atoms with E-state index >= 15 is 0 Å². The van der Waals surface area contributed by atoms with Crippen LogP contribution >= 0.6 is 0 Å². The molecule has 0 atom stereocenters. The first-order valence-corrected chi connectivity index (χ1v) is 16.8. The fourth-order valence-electron chi connectivity index (χ4n) is 6.87. The number of hydrogen-bond acceptors (Lipinski definition) is 3. The third-order valence-electron chi connectivity index (χ3n) is 9.12. The summed E-state index contributed by atoms with van der Waals surface area (Å²) in [5, 5.41) is 7.40. The molecule has 236 valence electrons. The summed E-state index contributed by atoms with van der Waals surface area (Å²) < 4.78 is 10.9. The molecule has 5 heteroatoms. The van der Waals surface area contributed by atoms with Crippen LogP contribution in [0, 0.1) is 27.7 Å². The van der Waals surface area contributed by atoms with Crippen molar-refractivity contribution in [3.05, 3.63) is 131 Å². The van der Waals surface area contributed by atoms with Crippen LogP contribution in [-0.2, 0) is 6.42 Å². The Bertz CT molecular complexity index is 2210. The van der Waals surface area contributed by atoms with E-state index in [1.165, 1.54) is 58.7 Å². The lowest BCUT2D eigenvalue weighted by Gasteiger charge is -2.12. The van der Waals surface area contributed by atoms with Crippen LogP contribution in [-0.4, -0.2) is 19.3 Å². The second-order valence-electron chi connectivity index (χ2n) is 12.8. The van der Waals surface area contributed by atoms with Crippen molar-refractivity contribution >= 4 is 21.8 Å². The Kier molecular flexibility index (Phi) is 8.38. The highest BCUT2D eigenvalue weighted by molar-refractivity contribution is 6.09. The summed E-state index contributed by atoms with van der Waals surface area (Å²) in [6.07, 6.45) is 8.03. The van der Waals surface area contributed by atoms with E-state index in [2.05, 4.69) is 124 Å². The number of aromatic nitrogens is 4. The number of nitrogens with zero attached hydrogens (tertiary/aromatic N) is 4. The number of unbranched alkanes of at least 4 members (excludes halogenated alkanes) is 3. The van der Waals surface area contributed by atoms with E-state index in [-0.39, 0.29) is 0 Å². The van der Waals surface area contributed by atoms with Crippen LogP contribution < -0.4 is 4.74 Å². The van der Waals surface area contributed by atoms with Gasteiger partial charge in [-0.25, -0.2) is 9.67 Å². The Morgan fingerprint density at radius 1 is 0.681 bits per heavy atom. The highest BCUT2D eigenvalue weighted by Crippen LogP contribution is 2.37. The van der Waals surface area contributed by atoms with Crippen LogP contribution in [0.15, 0.2) is 103 Å². The lowest BCUT2D eigenvalue weighted by molar-refractivity contribution is 0.482. The number of benzene rings is 4. The third-order valence-corrected chi connectivity index (χ3v) is 9.12. The van der Waals surface area contributed by atoms with Crippen molar-refractivity contribution < 1.29 is 4.74 Å². The van der Waals surface area contributed by atoms with Crippen LogP contribution in [0.4, 0.5) is 0 Å². The number of fused-ring (bicyclic) bond motifs is 3. The molecule has 0 aliphatic carbocycles. The van der Waals surface area contributed by atoms with E-state index in [9.17, 15) is 0 Å². The highest BCUT2D eigenvalue weighted by atomic mass is 16.5. The van der Waals surface area contributed by atoms with Gasteiger partial charge in [0.2, 0.25) is 0 Å². The van der Waals surface area contributed by atoms with E-state index in [4.69, 9.17) is 14.8 Å². The molecule has 0 aliphatic heterocycles. The molecular weight excluding hydrogens is 576 g/mol. The van der Waals surface area contributed by atoms with Crippen molar-refractivity contribution in [1.29, 1.82) is 0 Å². The molecule has 0 aliphatic rings. The first kappa shape index (κ1) is 30.5. The molecule has 0 N–H and O–H groups in total. The molecule has 0 spiro atoms. The van der Waals surface area contributed by atoms with Crippen LogP contribution in [0.1, 0.15) is 60.7 Å². The van der Waals surface area contributed by atoms with Gasteiger partial charge in [0.15, 0.2) is 0 Å². The lowest BCUT2D eigenvalue weighted by atomic mass is 10.0. The molecule has 0 saturated carbocycles. The topological polar surface area (TPSA) is 44.9 Å². The number of ether oxygens (including phenoxy) is 1. The first-order valence-electron chi connectivity index (χ1n) is 16.8. The summed E-state index contributed by atoms with van der Waals surface area (Å²) in [4.78, 5) is 4.80. The average Bonchev–Trinajstić information content (AvgIpc) is 3.55. The Balaban J connectivity index is 1.28. The van der Waals surface area contributed by atoms with E-state index in [0.717, 1.165) is 57.4 Å². The molecule has 0 bridgehead atoms. The monoisotopic (exact) mass is 618 g/mol. The van der Waals surface area contributed by atoms with Gasteiger partial charge in [0.25, 0.3) is 0 Å². The molecule has 7 rings (SSSR count). The first-order chi connectivity index (χ1) is 22.9. The Hall–Kier alpha value is -5.16. The largest absolute Gasteiger partial charge is 0.457 e. The van der Waals surface area contributed by atoms with Crippen molar-refractivity contribution in [2.45, 2.75) is 66.7 Å². The molecule has 0 radical (unpaired) electrons. The molecule has 0 fully saturated rings. The van der Waals surface area contributed by atoms with E-state index in [0.29, 0.717) is 0 Å². The van der Waals surface area contributed by atoms with Crippen LogP contribution in [0.2, 0.25) is 0 Å². The van der Waals surface area contributed by atoms with Crippen molar-refractivity contribution in [2.75, 3.05) is 0 Å². The Morgan fingerprint density at radius 2 is 1.53 bits per heavy atom. The normalized spacial score (nSPS) is 11.5. The van der Waals surface area contributed by atoms with Gasteiger partial charge in [0.1, 0.15) is 17.3 Å². The van der Waals surface area contributed by atoms with Crippen molar-refractivity contribution in [1.82, 2.24) is 19.3 Å². The maximum Gasteiger partial charge on any atom is 0.137 e. The van der Waals surface area contributed by atoms with Crippen LogP contribution in [0.3, 0.4) is 0 Å². The predicted molar refractivity (Wildman–Crippen MR) is 194 cm³/mol. The van der Waals surface area contributed by atoms with Gasteiger partial charge < -0.3 is 4.74 Å². The van der Waals surface area contributed by atoms with E-state index in [1.54, 1.807) is 0 Å². The molecule has 0 unspecified atom stereocenters. The Morgan fingerprint density at radius 3 is 2.34 bits per heavy atom. The summed E-state index contributed by atoms with van der Waals surface area (Å²) in [7, 11) is 0. The molecule has 47 heavy (non-hydrogen) atoms. The summed E-state index contributed by atoms with van der Waals surface area (Å²) >= 11 is 0. The van der Waals surface area contributed by atoms with Gasteiger partial charge >= 0.3 is 0 Å². The van der Waals surface area contributed by atoms with Gasteiger partial charge in [0.05, 0.1) is 22.4 Å². The zero-order chi connectivity index (χ0) is 32.5. The zero-order valence-corrected chi connectivity index (χ0v) is 28.0.